The highest BCUT2D eigenvalue weighted by atomic mass is 16.7. The maximum absolute atomic E-state index is 5.87. The molecule has 7 nitrogen and oxygen atoms in total. The van der Waals surface area contributed by atoms with Gasteiger partial charge in [-0.15, -0.1) is 0 Å². The number of nitrogens with zero attached hydrogens (tertiary/aromatic N) is 2. The van der Waals surface area contributed by atoms with Gasteiger partial charge in [0.2, 0.25) is 6.79 Å². The zero-order valence-corrected chi connectivity index (χ0v) is 18.4. The molecule has 5 rings (SSSR count). The van der Waals surface area contributed by atoms with Gasteiger partial charge in [0.1, 0.15) is 12.4 Å². The van der Waals surface area contributed by atoms with E-state index in [0.717, 1.165) is 72.6 Å². The quantitative estimate of drug-likeness (QED) is 0.561. The van der Waals surface area contributed by atoms with E-state index in [1.807, 2.05) is 54.6 Å². The van der Waals surface area contributed by atoms with Crippen molar-refractivity contribution in [1.82, 2.24) is 15.1 Å². The Bertz CT molecular complexity index is 1110. The van der Waals surface area contributed by atoms with Gasteiger partial charge in [0.25, 0.3) is 0 Å². The van der Waals surface area contributed by atoms with Crippen molar-refractivity contribution in [3.05, 3.63) is 71.0 Å². The molecule has 0 bridgehead atoms. The third-order valence-electron chi connectivity index (χ3n) is 5.58. The summed E-state index contributed by atoms with van der Waals surface area (Å²) in [6.45, 7) is 5.49. The van der Waals surface area contributed by atoms with E-state index in [4.69, 9.17) is 18.9 Å². The summed E-state index contributed by atoms with van der Waals surface area (Å²) in [5.41, 5.74) is 3.93. The number of ether oxygens (including phenoxy) is 4. The van der Waals surface area contributed by atoms with E-state index in [2.05, 4.69) is 33.3 Å². The summed E-state index contributed by atoms with van der Waals surface area (Å²) in [5.74, 6) is 2.45. The van der Waals surface area contributed by atoms with E-state index >= 15 is 0 Å². The predicted molar refractivity (Wildman–Crippen MR) is 128 cm³/mol. The lowest BCUT2D eigenvalue weighted by Gasteiger charge is -2.26. The van der Waals surface area contributed by atoms with Gasteiger partial charge in [-0.1, -0.05) is 30.4 Å². The Labute approximate surface area is 193 Å². The van der Waals surface area contributed by atoms with Gasteiger partial charge in [-0.05, 0) is 53.6 Å². The van der Waals surface area contributed by atoms with E-state index < -0.39 is 0 Å². The van der Waals surface area contributed by atoms with Crippen molar-refractivity contribution in [3.63, 3.8) is 0 Å². The number of morpholine rings is 1. The smallest absolute Gasteiger partial charge is 0.231 e. The average Bonchev–Trinajstić information content (AvgIpc) is 3.52. The molecule has 170 valence electrons. The van der Waals surface area contributed by atoms with Crippen LogP contribution in [-0.2, 0) is 4.74 Å². The molecule has 1 saturated heterocycles. The van der Waals surface area contributed by atoms with Crippen LogP contribution < -0.4 is 14.2 Å². The summed E-state index contributed by atoms with van der Waals surface area (Å²) < 4.78 is 22.0. The number of aromatic amines is 1. The summed E-state index contributed by atoms with van der Waals surface area (Å²) in [5, 5.41) is 7.40. The Kier molecular flexibility index (Phi) is 6.70. The number of hydrogen-bond acceptors (Lipinski definition) is 6. The third kappa shape index (κ3) is 5.83. The second-order valence-electron chi connectivity index (χ2n) is 7.90. The fourth-order valence-corrected chi connectivity index (χ4v) is 3.70. The molecule has 2 aromatic carbocycles. The van der Waals surface area contributed by atoms with Crippen molar-refractivity contribution in [2.24, 2.45) is 0 Å². The Morgan fingerprint density at radius 2 is 1.67 bits per heavy atom. The minimum Gasteiger partial charge on any atom is -0.492 e. The maximum Gasteiger partial charge on any atom is 0.231 e. The van der Waals surface area contributed by atoms with Gasteiger partial charge < -0.3 is 18.9 Å². The van der Waals surface area contributed by atoms with Crippen molar-refractivity contribution in [2.45, 2.75) is 0 Å². The Balaban J connectivity index is 1.11. The molecule has 0 radical (unpaired) electrons. The summed E-state index contributed by atoms with van der Waals surface area (Å²) in [4.78, 5) is 2.36. The van der Waals surface area contributed by atoms with Crippen molar-refractivity contribution < 1.29 is 18.9 Å². The summed E-state index contributed by atoms with van der Waals surface area (Å²) in [7, 11) is 0. The van der Waals surface area contributed by atoms with Crippen molar-refractivity contribution in [1.29, 1.82) is 0 Å². The van der Waals surface area contributed by atoms with Gasteiger partial charge in [0.15, 0.2) is 11.5 Å². The van der Waals surface area contributed by atoms with Crippen LogP contribution in [0.5, 0.6) is 17.2 Å². The normalized spacial score (nSPS) is 16.1. The van der Waals surface area contributed by atoms with Crippen molar-refractivity contribution in [3.8, 4) is 17.2 Å². The molecule has 1 N–H and O–H groups in total. The van der Waals surface area contributed by atoms with Crippen LogP contribution in [0.3, 0.4) is 0 Å². The zero-order chi connectivity index (χ0) is 22.3. The van der Waals surface area contributed by atoms with Crippen molar-refractivity contribution in [2.75, 3.05) is 46.2 Å². The highest BCUT2D eigenvalue weighted by Gasteiger charge is 2.12. The fraction of sp³-hybridized carbons (Fsp3) is 0.269. The first-order valence-electron chi connectivity index (χ1n) is 11.2. The van der Waals surface area contributed by atoms with Crippen LogP contribution in [0.2, 0.25) is 0 Å². The van der Waals surface area contributed by atoms with Crippen LogP contribution >= 0.6 is 0 Å². The van der Waals surface area contributed by atoms with E-state index in [-0.39, 0.29) is 6.79 Å². The van der Waals surface area contributed by atoms with Crippen LogP contribution in [-0.4, -0.2) is 61.3 Å². The molecule has 3 aromatic rings. The lowest BCUT2D eigenvalue weighted by Crippen LogP contribution is -2.38. The van der Waals surface area contributed by atoms with Gasteiger partial charge >= 0.3 is 0 Å². The number of H-pyrrole nitrogens is 1. The van der Waals surface area contributed by atoms with E-state index in [1.165, 1.54) is 0 Å². The number of benzene rings is 2. The number of rotatable bonds is 8. The average molecular weight is 446 g/mol. The third-order valence-corrected chi connectivity index (χ3v) is 5.58. The lowest BCUT2D eigenvalue weighted by molar-refractivity contribution is 0.0322. The number of hydrogen-bond donors (Lipinski definition) is 1. The van der Waals surface area contributed by atoms with E-state index in [9.17, 15) is 0 Å². The molecule has 0 saturated carbocycles. The Morgan fingerprint density at radius 3 is 2.55 bits per heavy atom. The van der Waals surface area contributed by atoms with Crippen LogP contribution in [0.4, 0.5) is 0 Å². The molecule has 2 aliphatic heterocycles. The molecule has 1 fully saturated rings. The van der Waals surface area contributed by atoms with Gasteiger partial charge in [0.05, 0.1) is 24.6 Å². The predicted octanol–water partition coefficient (Wildman–Crippen LogP) is 4.19. The van der Waals surface area contributed by atoms with Crippen LogP contribution in [0.1, 0.15) is 22.5 Å². The molecule has 0 unspecified atom stereocenters. The summed E-state index contributed by atoms with van der Waals surface area (Å²) in [6, 6.07) is 16.0. The highest BCUT2D eigenvalue weighted by Crippen LogP contribution is 2.32. The first-order valence-corrected chi connectivity index (χ1v) is 11.2. The molecule has 0 spiro atoms. The molecule has 7 heteroatoms. The first kappa shape index (κ1) is 21.3. The van der Waals surface area contributed by atoms with Gasteiger partial charge in [-0.3, -0.25) is 10.00 Å². The fourth-order valence-electron chi connectivity index (χ4n) is 3.70. The standard InChI is InChI=1S/C26H27N3O4/c1(20-3-8-24(9-4-20)31-16-13-29-11-14-30-15-12-29)6-22-18-23(28-27-22)7-2-21-5-10-25-26(17-21)33-19-32-25/h1-10,17-18H,11-16,19H2,(H,27,28)/b6-1+,7-2+. The second kappa shape index (κ2) is 10.4. The second-order valence-corrected chi connectivity index (χ2v) is 7.90. The van der Waals surface area contributed by atoms with Gasteiger partial charge in [-0.25, -0.2) is 0 Å². The molecule has 2 aliphatic rings. The van der Waals surface area contributed by atoms with Crippen molar-refractivity contribution >= 4 is 24.3 Å². The minimum atomic E-state index is 0.280. The van der Waals surface area contributed by atoms with E-state index in [0.29, 0.717) is 6.61 Å². The van der Waals surface area contributed by atoms with Crippen LogP contribution in [0, 0.1) is 0 Å². The monoisotopic (exact) mass is 445 g/mol. The molecule has 0 aliphatic carbocycles. The molecule has 0 amide bonds. The molecular formula is C26H27N3O4. The SMILES string of the molecule is C(=C\c1cc(/C=C/c2ccc3c(c2)OCO3)n[nH]1)/c1ccc(OCCN2CCOCC2)cc1. The molecule has 33 heavy (non-hydrogen) atoms. The number of fused-ring (bicyclic) bond motifs is 1. The molecular weight excluding hydrogens is 418 g/mol. The number of aromatic nitrogens is 2. The van der Waals surface area contributed by atoms with Crippen LogP contribution in [0.25, 0.3) is 24.3 Å². The van der Waals surface area contributed by atoms with Crippen LogP contribution in [0.15, 0.2) is 48.5 Å². The lowest BCUT2D eigenvalue weighted by atomic mass is 10.1. The Hall–Kier alpha value is -3.55. The van der Waals surface area contributed by atoms with E-state index in [1.54, 1.807) is 0 Å². The summed E-state index contributed by atoms with van der Waals surface area (Å²) in [6.07, 6.45) is 8.04. The largest absolute Gasteiger partial charge is 0.492 e. The zero-order valence-electron chi connectivity index (χ0n) is 18.4. The van der Waals surface area contributed by atoms with Gasteiger partial charge in [0, 0.05) is 19.6 Å². The first-order chi connectivity index (χ1) is 16.3. The highest BCUT2D eigenvalue weighted by molar-refractivity contribution is 5.72. The van der Waals surface area contributed by atoms with Gasteiger partial charge in [-0.2, -0.15) is 5.10 Å². The minimum absolute atomic E-state index is 0.280. The molecule has 3 heterocycles. The Morgan fingerprint density at radius 1 is 0.879 bits per heavy atom. The molecule has 1 aromatic heterocycles. The topological polar surface area (TPSA) is 68.8 Å². The summed E-state index contributed by atoms with van der Waals surface area (Å²) >= 11 is 0. The number of nitrogens with one attached hydrogen (secondary N) is 1. The maximum atomic E-state index is 5.87. The molecule has 0 atom stereocenters.